The van der Waals surface area contributed by atoms with Crippen LogP contribution >= 0.6 is 35.6 Å². The first-order valence-electron chi connectivity index (χ1n) is 10.1. The van der Waals surface area contributed by atoms with E-state index in [1.54, 1.807) is 11.6 Å². The predicted molar refractivity (Wildman–Crippen MR) is 136 cm³/mol. The normalized spacial score (nSPS) is 10.8. The van der Waals surface area contributed by atoms with Gasteiger partial charge in [-0.25, -0.2) is 0 Å². The third-order valence-corrected chi connectivity index (χ3v) is 6.40. The number of aryl methyl sites for hydroxylation is 3. The maximum atomic E-state index is 13.3. The number of para-hydroxylation sites is 1. The molecule has 166 valence electrons. The molecule has 1 aromatic heterocycles. The second-order valence-electron chi connectivity index (χ2n) is 7.82. The van der Waals surface area contributed by atoms with Gasteiger partial charge in [0, 0.05) is 28.9 Å². The Kier molecular flexibility index (Phi) is 7.55. The van der Waals surface area contributed by atoms with Crippen molar-refractivity contribution in [2.24, 2.45) is 7.05 Å². The predicted octanol–water partition coefficient (Wildman–Crippen LogP) is 7.05. The summed E-state index contributed by atoms with van der Waals surface area (Å²) in [5.74, 6) is 0.604. The number of nitrogens with zero attached hydrogens (tertiary/aromatic N) is 1. The van der Waals surface area contributed by atoms with E-state index < -0.39 is 0 Å². The number of hydrogen-bond donors (Lipinski definition) is 0. The summed E-state index contributed by atoms with van der Waals surface area (Å²) in [7, 11) is 1.79. The number of hydrogen-bond acceptors (Lipinski definition) is 2. The van der Waals surface area contributed by atoms with Crippen LogP contribution in [0.25, 0.3) is 10.9 Å². The SMILES string of the molecule is Cc1ccc(COc2c(Cc3ccc(C)c(Cl)c3)c(=O)n(C)c3ccccc23)cc1Cl.Cl. The summed E-state index contributed by atoms with van der Waals surface area (Å²) in [4.78, 5) is 13.3. The summed E-state index contributed by atoms with van der Waals surface area (Å²) < 4.78 is 7.97. The van der Waals surface area contributed by atoms with Gasteiger partial charge < -0.3 is 9.30 Å². The van der Waals surface area contributed by atoms with Crippen LogP contribution in [-0.4, -0.2) is 4.57 Å². The lowest BCUT2D eigenvalue weighted by atomic mass is 10.0. The fourth-order valence-corrected chi connectivity index (χ4v) is 4.09. The van der Waals surface area contributed by atoms with Gasteiger partial charge in [0.1, 0.15) is 12.4 Å². The first-order valence-corrected chi connectivity index (χ1v) is 10.8. The Hall–Kier alpha value is -2.46. The highest BCUT2D eigenvalue weighted by atomic mass is 35.5. The minimum atomic E-state index is -0.0765. The van der Waals surface area contributed by atoms with E-state index in [-0.39, 0.29) is 18.0 Å². The third-order valence-electron chi connectivity index (χ3n) is 5.58. The van der Waals surface area contributed by atoms with E-state index >= 15 is 0 Å². The van der Waals surface area contributed by atoms with Gasteiger partial charge in [-0.2, -0.15) is 0 Å². The maximum absolute atomic E-state index is 13.3. The molecule has 0 unspecified atom stereocenters. The summed E-state index contributed by atoms with van der Waals surface area (Å²) in [5.41, 5.74) is 5.30. The van der Waals surface area contributed by atoms with Crippen molar-refractivity contribution in [1.29, 1.82) is 0 Å². The fraction of sp³-hybridized carbons (Fsp3) is 0.192. The standard InChI is InChI=1S/C26H23Cl2NO2.ClH/c1-16-8-10-18(13-22(16)27)12-21-25(31-15-19-11-9-17(2)23(28)14-19)20-6-4-5-7-24(20)29(3)26(21)30;/h4-11,13-14H,12,15H2,1-3H3;1H. The molecule has 0 bridgehead atoms. The average molecular weight is 489 g/mol. The van der Waals surface area contributed by atoms with E-state index in [4.69, 9.17) is 27.9 Å². The quantitative estimate of drug-likeness (QED) is 0.301. The Labute approximate surface area is 204 Å². The molecule has 0 saturated carbocycles. The first-order chi connectivity index (χ1) is 14.8. The molecule has 0 radical (unpaired) electrons. The van der Waals surface area contributed by atoms with Gasteiger partial charge in [0.15, 0.2) is 0 Å². The van der Waals surface area contributed by atoms with Crippen molar-refractivity contribution in [2.45, 2.75) is 26.9 Å². The van der Waals surface area contributed by atoms with Crippen LogP contribution in [0.2, 0.25) is 10.0 Å². The van der Waals surface area contributed by atoms with Crippen molar-refractivity contribution in [2.75, 3.05) is 0 Å². The van der Waals surface area contributed by atoms with E-state index in [0.29, 0.717) is 34.4 Å². The van der Waals surface area contributed by atoms with Crippen LogP contribution in [0.1, 0.15) is 27.8 Å². The molecule has 0 spiro atoms. The van der Waals surface area contributed by atoms with Gasteiger partial charge in [-0.3, -0.25) is 4.79 Å². The van der Waals surface area contributed by atoms with Gasteiger partial charge in [-0.1, -0.05) is 59.6 Å². The van der Waals surface area contributed by atoms with Gasteiger partial charge in [0.2, 0.25) is 0 Å². The van der Waals surface area contributed by atoms with E-state index in [9.17, 15) is 4.79 Å². The van der Waals surface area contributed by atoms with Gasteiger partial charge >= 0.3 is 0 Å². The van der Waals surface area contributed by atoms with Gasteiger partial charge in [-0.05, 0) is 60.4 Å². The molecule has 0 atom stereocenters. The number of aromatic nitrogens is 1. The number of rotatable bonds is 5. The van der Waals surface area contributed by atoms with Crippen LogP contribution < -0.4 is 10.3 Å². The van der Waals surface area contributed by atoms with Crippen LogP contribution in [0.4, 0.5) is 0 Å². The molecule has 4 aromatic rings. The lowest BCUT2D eigenvalue weighted by Gasteiger charge is -2.17. The molecular weight excluding hydrogens is 465 g/mol. The summed E-state index contributed by atoms with van der Waals surface area (Å²) >= 11 is 12.6. The first kappa shape index (κ1) is 24.2. The van der Waals surface area contributed by atoms with E-state index in [1.165, 1.54) is 0 Å². The minimum absolute atomic E-state index is 0. The number of pyridine rings is 1. The zero-order valence-corrected chi connectivity index (χ0v) is 20.4. The molecule has 0 saturated heterocycles. The van der Waals surface area contributed by atoms with Crippen LogP contribution in [0.15, 0.2) is 65.5 Å². The molecule has 32 heavy (non-hydrogen) atoms. The summed E-state index contributed by atoms with van der Waals surface area (Å²) in [6, 6.07) is 19.5. The van der Waals surface area contributed by atoms with Crippen molar-refractivity contribution in [3.63, 3.8) is 0 Å². The van der Waals surface area contributed by atoms with E-state index in [1.807, 2.05) is 74.5 Å². The molecular formula is C26H24Cl3NO2. The van der Waals surface area contributed by atoms with Crippen molar-refractivity contribution < 1.29 is 4.74 Å². The molecule has 0 fully saturated rings. The van der Waals surface area contributed by atoms with Gasteiger partial charge in [0.05, 0.1) is 11.1 Å². The lowest BCUT2D eigenvalue weighted by molar-refractivity contribution is 0.306. The Morgan fingerprint density at radius 2 is 1.47 bits per heavy atom. The van der Waals surface area contributed by atoms with Crippen LogP contribution in [0.5, 0.6) is 5.75 Å². The molecule has 0 aliphatic rings. The highest BCUT2D eigenvalue weighted by Crippen LogP contribution is 2.31. The van der Waals surface area contributed by atoms with Crippen molar-refractivity contribution in [3.05, 3.63) is 109 Å². The number of halogens is 3. The Morgan fingerprint density at radius 1 is 0.875 bits per heavy atom. The Morgan fingerprint density at radius 3 is 2.12 bits per heavy atom. The second kappa shape index (κ2) is 9.99. The van der Waals surface area contributed by atoms with E-state index in [2.05, 4.69) is 0 Å². The number of fused-ring (bicyclic) bond motifs is 1. The van der Waals surface area contributed by atoms with Gasteiger partial charge in [0.25, 0.3) is 5.56 Å². The van der Waals surface area contributed by atoms with Crippen molar-refractivity contribution in [3.8, 4) is 5.75 Å². The topological polar surface area (TPSA) is 31.2 Å². The molecule has 3 aromatic carbocycles. The number of ether oxygens (including phenoxy) is 1. The van der Waals surface area contributed by atoms with Crippen molar-refractivity contribution in [1.82, 2.24) is 4.57 Å². The Balaban J connectivity index is 0.00000289. The molecule has 0 N–H and O–H groups in total. The molecule has 6 heteroatoms. The number of benzene rings is 3. The fourth-order valence-electron chi connectivity index (χ4n) is 3.68. The largest absolute Gasteiger partial charge is 0.488 e. The second-order valence-corrected chi connectivity index (χ2v) is 8.64. The molecule has 0 aliphatic carbocycles. The average Bonchev–Trinajstić information content (AvgIpc) is 2.76. The zero-order chi connectivity index (χ0) is 22.1. The smallest absolute Gasteiger partial charge is 0.258 e. The Bertz CT molecular complexity index is 1350. The highest BCUT2D eigenvalue weighted by molar-refractivity contribution is 6.31. The lowest BCUT2D eigenvalue weighted by Crippen LogP contribution is -2.23. The maximum Gasteiger partial charge on any atom is 0.258 e. The summed E-state index contributed by atoms with van der Waals surface area (Å²) in [5, 5.41) is 2.28. The molecule has 0 aliphatic heterocycles. The molecule has 1 heterocycles. The third kappa shape index (κ3) is 4.80. The zero-order valence-electron chi connectivity index (χ0n) is 18.1. The van der Waals surface area contributed by atoms with Crippen molar-refractivity contribution >= 4 is 46.5 Å². The van der Waals surface area contributed by atoms with Crippen LogP contribution in [0.3, 0.4) is 0 Å². The van der Waals surface area contributed by atoms with E-state index in [0.717, 1.165) is 33.2 Å². The summed E-state index contributed by atoms with van der Waals surface area (Å²) in [6.07, 6.45) is 0.432. The monoisotopic (exact) mass is 487 g/mol. The minimum Gasteiger partial charge on any atom is -0.488 e. The van der Waals surface area contributed by atoms with Crippen LogP contribution in [-0.2, 0) is 20.1 Å². The molecule has 3 nitrogen and oxygen atoms in total. The van der Waals surface area contributed by atoms with Gasteiger partial charge in [-0.15, -0.1) is 12.4 Å². The van der Waals surface area contributed by atoms with Crippen LogP contribution in [0, 0.1) is 13.8 Å². The summed E-state index contributed by atoms with van der Waals surface area (Å²) in [6.45, 7) is 4.24. The molecule has 0 amide bonds. The highest BCUT2D eigenvalue weighted by Gasteiger charge is 2.18. The molecule has 4 rings (SSSR count).